The molecule has 23 heavy (non-hydrogen) atoms. The zero-order valence-corrected chi connectivity index (χ0v) is 15.8. The summed E-state index contributed by atoms with van der Waals surface area (Å²) in [5.41, 5.74) is -2.85. The molecule has 0 aromatic heterocycles. The van der Waals surface area contributed by atoms with Gasteiger partial charge in [-0.15, -0.1) is 0 Å². The Balaban J connectivity index is 3.67. The Morgan fingerprint density at radius 2 is 1.22 bits per heavy atom. The molecule has 0 fully saturated rings. The van der Waals surface area contributed by atoms with E-state index in [4.69, 9.17) is 4.43 Å². The van der Waals surface area contributed by atoms with Gasteiger partial charge in [-0.3, -0.25) is 0 Å². The fourth-order valence-corrected chi connectivity index (χ4v) is 3.03. The Morgan fingerprint density at radius 3 is 1.48 bits per heavy atom. The van der Waals surface area contributed by atoms with Crippen LogP contribution in [0.15, 0.2) is 16.6 Å². The largest absolute Gasteiger partial charge is 0.543 e. The van der Waals surface area contributed by atoms with Crippen molar-refractivity contribution in [1.29, 1.82) is 0 Å². The molecular weight excluding hydrogens is 406 g/mol. The summed E-state index contributed by atoms with van der Waals surface area (Å²) in [4.78, 5) is 0. The van der Waals surface area contributed by atoms with Gasteiger partial charge in [0.1, 0.15) is 5.75 Å². The third-order valence-electron chi connectivity index (χ3n) is 3.83. The number of hydrogen-bond acceptors (Lipinski definition) is 1. The highest BCUT2D eigenvalue weighted by atomic mass is 79.9. The normalized spacial score (nSPS) is 14.1. The molecule has 9 heteroatoms. The molecule has 0 aliphatic heterocycles. The first-order chi connectivity index (χ1) is 9.97. The highest BCUT2D eigenvalue weighted by Crippen LogP contribution is 2.48. The summed E-state index contributed by atoms with van der Waals surface area (Å²) >= 11 is 2.71. The molecule has 0 amide bonds. The maximum atomic E-state index is 13.2. The van der Waals surface area contributed by atoms with Crippen LogP contribution in [0.4, 0.5) is 26.3 Å². The minimum Gasteiger partial charge on any atom is -0.543 e. The van der Waals surface area contributed by atoms with Crippen LogP contribution in [0.25, 0.3) is 0 Å². The van der Waals surface area contributed by atoms with Crippen LogP contribution in [0.1, 0.15) is 31.9 Å². The van der Waals surface area contributed by atoms with Crippen molar-refractivity contribution in [3.63, 3.8) is 0 Å². The predicted molar refractivity (Wildman–Crippen MR) is 82.0 cm³/mol. The van der Waals surface area contributed by atoms with Crippen LogP contribution >= 0.6 is 15.9 Å². The van der Waals surface area contributed by atoms with Crippen molar-refractivity contribution in [1.82, 2.24) is 0 Å². The number of alkyl halides is 6. The molecule has 1 rings (SSSR count). The lowest BCUT2D eigenvalue weighted by Crippen LogP contribution is -2.44. The van der Waals surface area contributed by atoms with Crippen molar-refractivity contribution in [2.45, 2.75) is 51.3 Å². The van der Waals surface area contributed by atoms with Gasteiger partial charge in [-0.05, 0) is 30.3 Å². The van der Waals surface area contributed by atoms with E-state index in [2.05, 4.69) is 15.9 Å². The van der Waals surface area contributed by atoms with Crippen LogP contribution in [0.2, 0.25) is 18.1 Å². The first kappa shape index (κ1) is 20.3. The Hall–Kier alpha value is -0.703. The monoisotopic (exact) mass is 422 g/mol. The third kappa shape index (κ3) is 4.65. The van der Waals surface area contributed by atoms with E-state index < -0.39 is 42.6 Å². The molecule has 1 aromatic rings. The van der Waals surface area contributed by atoms with E-state index in [9.17, 15) is 26.3 Å². The molecule has 0 saturated heterocycles. The van der Waals surface area contributed by atoms with E-state index in [0.717, 1.165) is 0 Å². The van der Waals surface area contributed by atoms with E-state index in [1.165, 1.54) is 0 Å². The highest BCUT2D eigenvalue weighted by molar-refractivity contribution is 9.10. The second-order valence-electron chi connectivity index (χ2n) is 6.69. The minimum absolute atomic E-state index is 0.306. The Kier molecular flexibility index (Phi) is 5.29. The summed E-state index contributed by atoms with van der Waals surface area (Å²) in [6, 6.07) is 1.22. The summed E-state index contributed by atoms with van der Waals surface area (Å²) in [6.07, 6.45) is -9.91. The second kappa shape index (κ2) is 5.98. The fraction of sp³-hybridized carbons (Fsp3) is 0.571. The van der Waals surface area contributed by atoms with Crippen molar-refractivity contribution >= 4 is 24.2 Å². The van der Waals surface area contributed by atoms with E-state index in [-0.39, 0.29) is 4.47 Å². The van der Waals surface area contributed by atoms with Gasteiger partial charge < -0.3 is 4.43 Å². The van der Waals surface area contributed by atoms with Gasteiger partial charge in [0.2, 0.25) is 0 Å². The van der Waals surface area contributed by atoms with Gasteiger partial charge in [0, 0.05) is 4.47 Å². The van der Waals surface area contributed by atoms with Gasteiger partial charge in [-0.25, -0.2) is 0 Å². The molecule has 0 spiro atoms. The molecular formula is C14H17BrF6OSi. The van der Waals surface area contributed by atoms with E-state index in [0.29, 0.717) is 12.1 Å². The Bertz CT molecular complexity index is 551. The van der Waals surface area contributed by atoms with Gasteiger partial charge in [-0.2, -0.15) is 26.3 Å². The fourth-order valence-electron chi connectivity index (χ4n) is 1.53. The Labute approximate surface area is 140 Å². The Morgan fingerprint density at radius 1 is 0.870 bits per heavy atom. The molecule has 0 radical (unpaired) electrons. The first-order valence-electron chi connectivity index (χ1n) is 6.64. The van der Waals surface area contributed by atoms with Gasteiger partial charge in [0.05, 0.1) is 11.1 Å². The van der Waals surface area contributed by atoms with Crippen LogP contribution in [-0.2, 0) is 12.4 Å². The number of benzene rings is 1. The zero-order valence-electron chi connectivity index (χ0n) is 13.2. The van der Waals surface area contributed by atoms with E-state index in [1.54, 1.807) is 33.9 Å². The van der Waals surface area contributed by atoms with Gasteiger partial charge in [0.25, 0.3) is 8.32 Å². The summed E-state index contributed by atoms with van der Waals surface area (Å²) in [7, 11) is -2.90. The first-order valence-corrected chi connectivity index (χ1v) is 10.3. The average molecular weight is 423 g/mol. The van der Waals surface area contributed by atoms with Crippen molar-refractivity contribution in [2.24, 2.45) is 0 Å². The van der Waals surface area contributed by atoms with Crippen LogP contribution in [-0.4, -0.2) is 8.32 Å². The van der Waals surface area contributed by atoms with Crippen molar-refractivity contribution in [3.8, 4) is 5.75 Å². The maximum Gasteiger partial charge on any atom is 0.419 e. The quantitative estimate of drug-likeness (QED) is 0.373. The lowest BCUT2D eigenvalue weighted by atomic mass is 10.1. The SMILES string of the molecule is CC(C)(C)[Si](C)(C)Oc1c(C(F)(F)F)cc(Br)cc1C(F)(F)F. The number of rotatable bonds is 2. The third-order valence-corrected chi connectivity index (χ3v) is 8.61. The van der Waals surface area contributed by atoms with Crippen molar-refractivity contribution < 1.29 is 30.8 Å². The molecule has 132 valence electrons. The molecule has 0 unspecified atom stereocenters. The summed E-state index contributed by atoms with van der Waals surface area (Å²) < 4.78 is 84.4. The lowest BCUT2D eigenvalue weighted by Gasteiger charge is -2.38. The molecule has 0 aliphatic rings. The number of halogens is 7. The standard InChI is InChI=1S/C14H17BrF6OSi/c1-12(2,3)23(4,5)22-11-9(13(16,17)18)6-8(15)7-10(11)14(19,20)21/h6-7H,1-5H3. The van der Waals surface area contributed by atoms with Crippen LogP contribution in [0.5, 0.6) is 5.75 Å². The molecule has 0 bridgehead atoms. The van der Waals surface area contributed by atoms with Crippen LogP contribution < -0.4 is 4.43 Å². The minimum atomic E-state index is -4.96. The van der Waals surface area contributed by atoms with Gasteiger partial charge in [0.15, 0.2) is 0 Å². The van der Waals surface area contributed by atoms with Crippen molar-refractivity contribution in [3.05, 3.63) is 27.7 Å². The van der Waals surface area contributed by atoms with Gasteiger partial charge in [-0.1, -0.05) is 36.7 Å². The maximum absolute atomic E-state index is 13.2. The average Bonchev–Trinajstić information content (AvgIpc) is 2.26. The van der Waals surface area contributed by atoms with E-state index in [1.807, 2.05) is 0 Å². The zero-order chi connectivity index (χ0) is 18.4. The topological polar surface area (TPSA) is 9.23 Å². The molecule has 0 heterocycles. The van der Waals surface area contributed by atoms with Crippen LogP contribution in [0.3, 0.4) is 0 Å². The summed E-state index contributed by atoms with van der Waals surface area (Å²) in [6.45, 7) is 8.39. The molecule has 1 nitrogen and oxygen atoms in total. The van der Waals surface area contributed by atoms with Gasteiger partial charge >= 0.3 is 12.4 Å². The lowest BCUT2D eigenvalue weighted by molar-refractivity contribution is -0.144. The summed E-state index contributed by atoms with van der Waals surface area (Å²) in [5, 5.41) is -0.550. The molecule has 0 aliphatic carbocycles. The second-order valence-corrected chi connectivity index (χ2v) is 12.3. The molecule has 0 N–H and O–H groups in total. The molecule has 0 atom stereocenters. The van der Waals surface area contributed by atoms with Crippen molar-refractivity contribution in [2.75, 3.05) is 0 Å². The summed E-state index contributed by atoms with van der Waals surface area (Å²) in [5.74, 6) is -1.14. The van der Waals surface area contributed by atoms with E-state index >= 15 is 0 Å². The smallest absolute Gasteiger partial charge is 0.419 e. The molecule has 1 aromatic carbocycles. The van der Waals surface area contributed by atoms with Crippen LogP contribution in [0, 0.1) is 0 Å². The molecule has 0 saturated carbocycles. The highest BCUT2D eigenvalue weighted by Gasteiger charge is 2.46. The number of hydrogen-bond donors (Lipinski definition) is 0. The predicted octanol–water partition coefficient (Wildman–Crippen LogP) is 6.87.